The highest BCUT2D eigenvalue weighted by Gasteiger charge is 2.41. The summed E-state index contributed by atoms with van der Waals surface area (Å²) in [6, 6.07) is 25.4. The van der Waals surface area contributed by atoms with Crippen LogP contribution >= 0.6 is 80.6 Å². The Hall–Kier alpha value is -3.65. The number of nitriles is 4. The van der Waals surface area contributed by atoms with E-state index < -0.39 is 10.9 Å². The van der Waals surface area contributed by atoms with Gasteiger partial charge in [0.2, 0.25) is 5.79 Å². The molecule has 6 aromatic rings. The Morgan fingerprint density at radius 1 is 0.480 bits per heavy atom. The fraction of sp³-hybridized carbons (Fsp3) is 0.200. The van der Waals surface area contributed by atoms with Crippen LogP contribution in [0.5, 0.6) is 0 Å². The predicted molar refractivity (Wildman–Crippen MR) is 202 cm³/mol. The van der Waals surface area contributed by atoms with Crippen molar-refractivity contribution in [3.8, 4) is 73.0 Å². The molecule has 0 atom stereocenters. The summed E-state index contributed by atoms with van der Waals surface area (Å²) in [4.78, 5) is 11.0. The van der Waals surface area contributed by atoms with Crippen molar-refractivity contribution < 1.29 is 18.9 Å². The lowest BCUT2D eigenvalue weighted by Gasteiger charge is -2.20. The monoisotopic (exact) mass is 784 g/mol. The van der Waals surface area contributed by atoms with E-state index in [1.54, 1.807) is 52.3 Å². The maximum atomic E-state index is 10.0. The molecule has 2 saturated heterocycles. The Bertz CT molecular complexity index is 2280. The molecule has 0 amide bonds. The summed E-state index contributed by atoms with van der Waals surface area (Å²) in [6.45, 7) is 3.40. The fourth-order valence-electron chi connectivity index (χ4n) is 5.75. The first-order valence-corrected chi connectivity index (χ1v) is 20.3. The Morgan fingerprint density at radius 2 is 0.800 bits per heavy atom. The number of hydrogen-bond acceptors (Lipinski definition) is 15. The summed E-state index contributed by atoms with van der Waals surface area (Å²) in [7, 11) is 0. The minimum atomic E-state index is -1.33. The van der Waals surface area contributed by atoms with E-state index in [1.807, 2.05) is 18.2 Å². The van der Waals surface area contributed by atoms with Crippen LogP contribution in [-0.4, -0.2) is 26.4 Å². The average Bonchev–Trinajstić information content (AvgIpc) is 3.97. The molecule has 0 spiro atoms. The van der Waals surface area contributed by atoms with Crippen LogP contribution in [0.2, 0.25) is 0 Å². The molecule has 15 heteroatoms. The van der Waals surface area contributed by atoms with Crippen molar-refractivity contribution in [2.45, 2.75) is 17.8 Å². The van der Waals surface area contributed by atoms with Gasteiger partial charge in [0.05, 0.1) is 68.2 Å². The predicted octanol–water partition coefficient (Wildman–Crippen LogP) is 10.2. The molecular formula is C35H20N4O4S7. The third-order valence-corrected chi connectivity index (χ3v) is 16.6. The van der Waals surface area contributed by atoms with Crippen LogP contribution in [0.3, 0.4) is 0 Å². The maximum Gasteiger partial charge on any atom is 0.254 e. The van der Waals surface area contributed by atoms with Gasteiger partial charge in [-0.05, 0) is 55.5 Å². The average molecular weight is 785 g/mol. The number of hydrogen-bond donors (Lipinski definition) is 1. The highest BCUT2D eigenvalue weighted by atomic mass is 32.1. The Labute approximate surface area is 316 Å². The minimum absolute atomic E-state index is 0.240. The third-order valence-electron chi connectivity index (χ3n) is 8.08. The summed E-state index contributed by atoms with van der Waals surface area (Å²) in [6.07, 6.45) is 0. The minimum Gasteiger partial charge on any atom is -0.343 e. The third kappa shape index (κ3) is 5.57. The van der Waals surface area contributed by atoms with Gasteiger partial charge in [0, 0.05) is 39.0 Å². The Kier molecular flexibility index (Phi) is 8.81. The van der Waals surface area contributed by atoms with Crippen LogP contribution in [0.25, 0.3) is 48.8 Å². The number of thiophene rings is 6. The molecule has 0 aromatic carbocycles. The van der Waals surface area contributed by atoms with E-state index in [0.29, 0.717) is 57.7 Å². The zero-order valence-electron chi connectivity index (χ0n) is 25.8. The first kappa shape index (κ1) is 33.5. The van der Waals surface area contributed by atoms with Crippen molar-refractivity contribution in [1.29, 1.82) is 21.0 Å². The lowest BCUT2D eigenvalue weighted by molar-refractivity contribution is -0.147. The highest BCUT2D eigenvalue weighted by Crippen LogP contribution is 2.51. The molecular weight excluding hydrogens is 765 g/mol. The quantitative estimate of drug-likeness (QED) is 0.158. The largest absolute Gasteiger partial charge is 0.343 e. The summed E-state index contributed by atoms with van der Waals surface area (Å²) in [5, 5.41) is 38.5. The summed E-state index contributed by atoms with van der Waals surface area (Å²) >= 11 is 13.8. The molecule has 2 fully saturated rings. The van der Waals surface area contributed by atoms with Gasteiger partial charge in [-0.2, -0.15) is 21.0 Å². The summed E-state index contributed by atoms with van der Waals surface area (Å²) in [5.74, 6) is -1.03. The van der Waals surface area contributed by atoms with Crippen molar-refractivity contribution in [2.24, 2.45) is 0 Å². The molecule has 50 heavy (non-hydrogen) atoms. The van der Waals surface area contributed by atoms with Crippen LogP contribution in [0, 0.1) is 45.3 Å². The normalized spacial score (nSPS) is 16.2. The molecule has 2 aliphatic rings. The standard InChI is InChI=1S/C35H20N4O4S7/c1-34(40-10-11-41-34)32-20(16-38)18(14-36)30(49-32)28-8-6-26(47-28)24-4-2-22(45-24)23-3-5-25(46-23)27-7-9-29(48-27)31-19(15-37)21(17-39)33(50-31)35(44)42-12-13-43-35/h2-9,44H,10-13H2,1H3. The van der Waals surface area contributed by atoms with Crippen molar-refractivity contribution in [2.75, 3.05) is 26.4 Å². The van der Waals surface area contributed by atoms with Crippen LogP contribution in [0.4, 0.5) is 0 Å². The number of nitrogens with zero attached hydrogens (tertiary/aromatic N) is 4. The maximum absolute atomic E-state index is 10.0. The van der Waals surface area contributed by atoms with Gasteiger partial charge in [0.15, 0.2) is 0 Å². The van der Waals surface area contributed by atoms with Crippen molar-refractivity contribution >= 4 is 80.6 Å². The van der Waals surface area contributed by atoms with Gasteiger partial charge >= 0.3 is 0 Å². The lowest BCUT2D eigenvalue weighted by Crippen LogP contribution is -2.22. The van der Waals surface area contributed by atoms with Crippen LogP contribution in [0.15, 0.2) is 48.5 Å². The van der Waals surface area contributed by atoms with E-state index in [9.17, 15) is 21.0 Å². The van der Waals surface area contributed by atoms with E-state index >= 15 is 0 Å². The molecule has 0 radical (unpaired) electrons. The first-order chi connectivity index (χ1) is 24.3. The topological polar surface area (TPSA) is 132 Å². The Balaban J connectivity index is 1.05. The SMILES string of the molecule is CC1(c2sc(-c3ccc(-c4ccc(-c5ccc(-c6ccc(-c7sc(C8(S)OCCO8)c(C#N)c7C#N)s6)s5)s4)s3)c(C#N)c2C#N)OCCO1. The smallest absolute Gasteiger partial charge is 0.254 e. The van der Waals surface area contributed by atoms with Crippen molar-refractivity contribution in [3.63, 3.8) is 0 Å². The molecule has 6 aromatic heterocycles. The van der Waals surface area contributed by atoms with Crippen LogP contribution in [-0.2, 0) is 29.9 Å². The Morgan fingerprint density at radius 3 is 1.20 bits per heavy atom. The number of ether oxygens (including phenoxy) is 4. The molecule has 246 valence electrons. The van der Waals surface area contributed by atoms with E-state index in [4.69, 9.17) is 18.9 Å². The van der Waals surface area contributed by atoms with Gasteiger partial charge in [0.25, 0.3) is 5.12 Å². The second-order valence-electron chi connectivity index (χ2n) is 11.0. The molecule has 0 bridgehead atoms. The second-order valence-corrected chi connectivity index (χ2v) is 18.0. The molecule has 8 heterocycles. The number of rotatable bonds is 7. The van der Waals surface area contributed by atoms with Gasteiger partial charge < -0.3 is 18.9 Å². The molecule has 0 unspecified atom stereocenters. The van der Waals surface area contributed by atoms with E-state index in [-0.39, 0.29) is 5.56 Å². The lowest BCUT2D eigenvalue weighted by atomic mass is 10.1. The highest BCUT2D eigenvalue weighted by molar-refractivity contribution is 7.81. The molecule has 0 saturated carbocycles. The van der Waals surface area contributed by atoms with Crippen molar-refractivity contribution in [1.82, 2.24) is 0 Å². The first-order valence-electron chi connectivity index (χ1n) is 14.9. The molecule has 0 aliphatic carbocycles. The summed E-state index contributed by atoms with van der Waals surface area (Å²) in [5.41, 5.74) is 1.22. The fourth-order valence-corrected chi connectivity index (χ4v) is 13.2. The van der Waals surface area contributed by atoms with Gasteiger partial charge in [-0.25, -0.2) is 0 Å². The molecule has 2 aliphatic heterocycles. The van der Waals surface area contributed by atoms with E-state index in [1.165, 1.54) is 22.7 Å². The van der Waals surface area contributed by atoms with Gasteiger partial charge in [-0.3, -0.25) is 0 Å². The van der Waals surface area contributed by atoms with E-state index in [0.717, 1.165) is 43.9 Å². The van der Waals surface area contributed by atoms with Crippen LogP contribution in [0.1, 0.15) is 38.9 Å². The van der Waals surface area contributed by atoms with Gasteiger partial charge in [0.1, 0.15) is 24.3 Å². The zero-order chi connectivity index (χ0) is 34.6. The van der Waals surface area contributed by atoms with Crippen LogP contribution < -0.4 is 0 Å². The number of thiol groups is 1. The van der Waals surface area contributed by atoms with Gasteiger partial charge in [-0.15, -0.1) is 80.6 Å². The van der Waals surface area contributed by atoms with Crippen molar-refractivity contribution in [3.05, 3.63) is 80.5 Å². The molecule has 8 rings (SSSR count). The summed E-state index contributed by atoms with van der Waals surface area (Å²) < 4.78 is 23.1. The molecule has 8 nitrogen and oxygen atoms in total. The molecule has 0 N–H and O–H groups in total. The van der Waals surface area contributed by atoms with Gasteiger partial charge in [-0.1, -0.05) is 0 Å². The zero-order valence-corrected chi connectivity index (χ0v) is 31.6. The second kappa shape index (κ2) is 13.2. The van der Waals surface area contributed by atoms with E-state index in [2.05, 4.69) is 67.2 Å².